The van der Waals surface area contributed by atoms with Crippen molar-refractivity contribution in [3.05, 3.63) is 182 Å². The van der Waals surface area contributed by atoms with E-state index in [2.05, 4.69) is 201 Å². The highest BCUT2D eigenvalue weighted by molar-refractivity contribution is 7.97. The number of hydrogen-bond acceptors (Lipinski definition) is 16. The summed E-state index contributed by atoms with van der Waals surface area (Å²) >= 11 is 0. The first-order valence-corrected chi connectivity index (χ1v) is 48.6. The van der Waals surface area contributed by atoms with Gasteiger partial charge in [-0.3, -0.25) is 24.0 Å². The van der Waals surface area contributed by atoms with Gasteiger partial charge in [-0.05, 0) is 317 Å². The molecule has 666 valence electrons. The van der Waals surface area contributed by atoms with Crippen LogP contribution < -0.4 is 0 Å². The summed E-state index contributed by atoms with van der Waals surface area (Å²) in [4.78, 5) is 79.1. The number of carbonyl (C=O) groups excluding carboxylic acids is 6. The Labute approximate surface area is 731 Å². The maximum absolute atomic E-state index is 12.8. The summed E-state index contributed by atoms with van der Waals surface area (Å²) in [6, 6.07) is 64.3. The molecule has 0 radical (unpaired) electrons. The van der Waals surface area contributed by atoms with Gasteiger partial charge < -0.3 is 38.1 Å². The zero-order chi connectivity index (χ0) is 88.7. The highest BCUT2D eigenvalue weighted by atomic mass is 32.2. The average molecular weight is 1740 g/mol. The molecule has 13 fully saturated rings. The lowest BCUT2D eigenvalue weighted by molar-refractivity contribution is -0.225. The molecule has 6 aromatic carbocycles. The molecule has 122 heavy (non-hydrogen) atoms. The van der Waals surface area contributed by atoms with Crippen molar-refractivity contribution in [1.29, 1.82) is 0 Å². The van der Waals surface area contributed by atoms with Gasteiger partial charge in [0.25, 0.3) is 5.92 Å². The summed E-state index contributed by atoms with van der Waals surface area (Å²) in [6.45, 7) is 25.0. The Morgan fingerprint density at radius 1 is 0.459 bits per heavy atom. The third-order valence-electron chi connectivity index (χ3n) is 27.6. The highest BCUT2D eigenvalue weighted by Crippen LogP contribution is 2.63. The van der Waals surface area contributed by atoms with Crippen LogP contribution in [-0.4, -0.2) is 108 Å². The van der Waals surface area contributed by atoms with E-state index in [1.165, 1.54) is 87.2 Å². The van der Waals surface area contributed by atoms with Crippen molar-refractivity contribution in [1.82, 2.24) is 0 Å². The lowest BCUT2D eigenvalue weighted by atomic mass is 9.49. The fourth-order valence-electron chi connectivity index (χ4n) is 20.0. The molecule has 6 aromatic rings. The first kappa shape index (κ1) is 96.8. The number of alkyl halides is 2. The number of carbonyl (C=O) groups is 6. The monoisotopic (exact) mass is 1740 g/mol. The third-order valence-corrected chi connectivity index (χ3v) is 32.7. The predicted octanol–water partition coefficient (Wildman–Crippen LogP) is 22.0. The summed E-state index contributed by atoms with van der Waals surface area (Å²) in [7, 11) is -4.33. The minimum absolute atomic E-state index is 0.0146. The van der Waals surface area contributed by atoms with E-state index in [1.807, 2.05) is 48.5 Å². The van der Waals surface area contributed by atoms with E-state index in [9.17, 15) is 55.6 Å². The molecule has 16 nitrogen and oxygen atoms in total. The molecule has 3 unspecified atom stereocenters. The zero-order valence-electron chi connectivity index (χ0n) is 74.5. The number of esters is 6. The first-order chi connectivity index (χ1) is 57.5. The smallest absolute Gasteiger partial charge is 0.347 e. The van der Waals surface area contributed by atoms with Crippen LogP contribution in [0, 0.1) is 80.3 Å². The van der Waals surface area contributed by atoms with Crippen molar-refractivity contribution in [2.45, 2.75) is 296 Å². The summed E-state index contributed by atoms with van der Waals surface area (Å²) in [5.74, 6) is 0.862. The first-order valence-electron chi connectivity index (χ1n) is 44.5. The van der Waals surface area contributed by atoms with Crippen molar-refractivity contribution in [3.8, 4) is 0 Å². The van der Waals surface area contributed by atoms with Crippen molar-refractivity contribution in [2.24, 2.45) is 80.3 Å². The van der Waals surface area contributed by atoms with Crippen molar-refractivity contribution < 1.29 is 84.0 Å². The van der Waals surface area contributed by atoms with E-state index in [1.54, 1.807) is 27.7 Å². The molecule has 0 aromatic heterocycles. The number of ether oxygens (including phenoxy) is 6. The Hall–Kier alpha value is -7.43. The van der Waals surface area contributed by atoms with Gasteiger partial charge in [-0.15, -0.1) is 0 Å². The molecule has 12 saturated carbocycles. The molecular formula is C101H135F2O16S3+. The van der Waals surface area contributed by atoms with Crippen LogP contribution in [0.1, 0.15) is 238 Å². The van der Waals surface area contributed by atoms with E-state index < -0.39 is 73.7 Å². The number of cyclic esters (lactones) is 1. The van der Waals surface area contributed by atoms with Crippen LogP contribution in [0.4, 0.5) is 8.78 Å². The second kappa shape index (κ2) is 41.3. The van der Waals surface area contributed by atoms with Crippen LogP contribution in [-0.2, 0) is 89.1 Å². The van der Waals surface area contributed by atoms with E-state index in [0.29, 0.717) is 73.7 Å². The van der Waals surface area contributed by atoms with Gasteiger partial charge in [-0.25, -0.2) is 22.0 Å². The third kappa shape index (κ3) is 25.9. The Kier molecular flexibility index (Phi) is 32.8. The fourth-order valence-corrected chi connectivity index (χ4v) is 24.5. The zero-order valence-corrected chi connectivity index (χ0v) is 77.0. The van der Waals surface area contributed by atoms with E-state index in [0.717, 1.165) is 76.5 Å². The van der Waals surface area contributed by atoms with Crippen LogP contribution >= 0.6 is 0 Å². The SMILES string of the molecule is CC(F)(F)COC(=O)C12CC3CC(CC(C3)C1)C2.CCC(C)(C)C(=O)OC1(C)C2CC3CC(C2)CC1C3.CCC(C)(C)C(=O)OC12CC3CC(CC(O)(C3)C1)C2.CCC(C)(C)C(=O)OC1CCOC1=O.CCC(C)(C)C(=O)OCCS(=O)(=O)[O-].c1ccc([S+](c2ccccc2)c2ccccc2)cc1.c1ccc([S+](c2ccccc2)c2ccccc2)cc1. The molecule has 0 spiro atoms. The number of aliphatic hydroxyl groups is 1. The van der Waals surface area contributed by atoms with Gasteiger partial charge >= 0.3 is 35.8 Å². The Bertz CT molecular complexity index is 4120. The Balaban J connectivity index is 0.000000150. The molecular weight excluding hydrogens is 1600 g/mol. The minimum atomic E-state index is -4.30. The topological polar surface area (TPSA) is 235 Å². The Morgan fingerprint density at radius 3 is 1.11 bits per heavy atom. The van der Waals surface area contributed by atoms with Gasteiger partial charge in [0.05, 0.1) is 76.9 Å². The lowest BCUT2D eigenvalue weighted by Gasteiger charge is -2.59. The molecule has 1 aliphatic heterocycles. The minimum Gasteiger partial charge on any atom is -0.748 e. The van der Waals surface area contributed by atoms with Gasteiger partial charge in [-0.1, -0.05) is 137 Å². The molecule has 1 saturated heterocycles. The Morgan fingerprint density at radius 2 is 0.787 bits per heavy atom. The molecule has 1 heterocycles. The second-order valence-corrected chi connectivity index (χ2v) is 44.7. The average Bonchev–Trinajstić information content (AvgIpc) is 0.764. The van der Waals surface area contributed by atoms with Crippen LogP contribution in [0.2, 0.25) is 0 Å². The number of benzene rings is 6. The largest absolute Gasteiger partial charge is 0.748 e. The summed E-state index contributed by atoms with van der Waals surface area (Å²) < 4.78 is 87.5. The maximum Gasteiger partial charge on any atom is 0.347 e. The normalized spacial score (nSPS) is 27.3. The van der Waals surface area contributed by atoms with Crippen molar-refractivity contribution >= 4 is 67.7 Å². The molecule has 12 bridgehead atoms. The highest BCUT2D eigenvalue weighted by Gasteiger charge is 2.61. The van der Waals surface area contributed by atoms with Crippen LogP contribution in [0.15, 0.2) is 211 Å². The standard InChI is InChI=1S/2C18H15S.C17H28O2.C16H26O3.C14H20F2O2.C10H16O4.C8H16O5S/c2*1-4-10-16(11-5-1)19(17-12-6-2-7-13-17)18-14-8-3-9-15-18;1-5-16(2,3)15(18)19-17(4)13-7-11-6-12(9-13)10-14(17)8-11;1-4-14(2,3)13(17)19-16-8-11-5-12(9-16)7-15(18,6-11)10-16;1-13(15,16)8-18-12(17)14-5-9-2-10(6-14)4-11(3-9)7-14;1-4-10(2,3)9(12)14-7-5-6-13-8(7)11;1-4-8(2,3)7(9)13-5-6-14(10,11)12/h2*1-15H;11-14H,5-10H2,1-4H3;11-12,18H,4-10H2,1-3H3;9-11H,2-8H2,1H3;7H,4-6H2,1-3H3;4-6H2,1-3H3,(H,10,11,12)/q2*+1;;;;;/p-1. The van der Waals surface area contributed by atoms with Gasteiger partial charge in [0.2, 0.25) is 6.10 Å². The molecule has 21 heteroatoms. The van der Waals surface area contributed by atoms with Gasteiger partial charge in [-0.2, -0.15) is 0 Å². The van der Waals surface area contributed by atoms with Gasteiger partial charge in [0.15, 0.2) is 36.0 Å². The number of hydrogen-bond donors (Lipinski definition) is 1. The van der Waals surface area contributed by atoms with Crippen LogP contribution in [0.25, 0.3) is 0 Å². The molecule has 19 rings (SSSR count). The molecule has 12 aliphatic carbocycles. The van der Waals surface area contributed by atoms with Gasteiger partial charge in [0, 0.05) is 19.8 Å². The fraction of sp³-hybridized carbons (Fsp3) is 0.584. The number of halogens is 2. The van der Waals surface area contributed by atoms with Gasteiger partial charge in [0.1, 0.15) is 17.8 Å². The predicted molar refractivity (Wildman–Crippen MR) is 472 cm³/mol. The summed E-state index contributed by atoms with van der Waals surface area (Å²) in [5.41, 5.74) is -3.40. The molecule has 1 N–H and O–H groups in total. The second-order valence-electron chi connectivity index (χ2n) is 39.2. The van der Waals surface area contributed by atoms with Crippen LogP contribution in [0.3, 0.4) is 0 Å². The van der Waals surface area contributed by atoms with E-state index >= 15 is 0 Å². The summed E-state index contributed by atoms with van der Waals surface area (Å²) in [5, 5.41) is 10.6. The van der Waals surface area contributed by atoms with E-state index in [-0.39, 0.29) is 68.9 Å². The maximum atomic E-state index is 12.8. The van der Waals surface area contributed by atoms with Crippen LogP contribution in [0.5, 0.6) is 0 Å². The molecule has 13 aliphatic rings. The lowest BCUT2D eigenvalue weighted by Crippen LogP contribution is -2.61. The quantitative estimate of drug-likeness (QED) is 0.0272. The molecule has 0 amide bonds. The summed E-state index contributed by atoms with van der Waals surface area (Å²) in [6.07, 6.45) is 21.3. The molecule has 3 atom stereocenters. The van der Waals surface area contributed by atoms with Crippen molar-refractivity contribution in [2.75, 3.05) is 25.6 Å². The van der Waals surface area contributed by atoms with Crippen molar-refractivity contribution in [3.63, 3.8) is 0 Å². The van der Waals surface area contributed by atoms with E-state index in [4.69, 9.17) is 23.7 Å². The number of rotatable bonds is 23.